The molecule has 0 aliphatic heterocycles. The number of carboxylic acids is 1. The van der Waals surface area contributed by atoms with Gasteiger partial charge >= 0.3 is 5.97 Å². The van der Waals surface area contributed by atoms with Gasteiger partial charge in [0.1, 0.15) is 6.61 Å². The highest BCUT2D eigenvalue weighted by molar-refractivity contribution is 5.78. The summed E-state index contributed by atoms with van der Waals surface area (Å²) in [6.07, 6.45) is 0.985. The number of hydrogen-bond acceptors (Lipinski definition) is 3. The van der Waals surface area contributed by atoms with Crippen LogP contribution in [-0.4, -0.2) is 36.2 Å². The lowest BCUT2D eigenvalue weighted by Crippen LogP contribution is -2.31. The van der Waals surface area contributed by atoms with E-state index >= 15 is 0 Å². The van der Waals surface area contributed by atoms with Crippen LogP contribution in [0.1, 0.15) is 26.7 Å². The highest BCUT2D eigenvalue weighted by Gasteiger charge is 2.12. The molecule has 0 aromatic carbocycles. The van der Waals surface area contributed by atoms with Crippen molar-refractivity contribution in [1.82, 2.24) is 5.32 Å². The number of aliphatic carboxylic acids is 1. The second-order valence-corrected chi connectivity index (χ2v) is 2.99. The first kappa shape index (κ1) is 12.9. The van der Waals surface area contributed by atoms with E-state index in [1.54, 1.807) is 0 Å². The Morgan fingerprint density at radius 1 is 1.50 bits per heavy atom. The molecule has 0 aliphatic rings. The van der Waals surface area contributed by atoms with Gasteiger partial charge in [0.15, 0.2) is 6.10 Å². The van der Waals surface area contributed by atoms with Crippen LogP contribution in [-0.2, 0) is 14.3 Å². The van der Waals surface area contributed by atoms with Gasteiger partial charge in [-0.1, -0.05) is 13.3 Å². The van der Waals surface area contributed by atoms with Crippen molar-refractivity contribution in [3.05, 3.63) is 0 Å². The van der Waals surface area contributed by atoms with E-state index in [-0.39, 0.29) is 12.5 Å². The number of unbranched alkanes of at least 4 members (excludes halogenated alkanes) is 1. The number of hydrogen-bond donors (Lipinski definition) is 2. The van der Waals surface area contributed by atoms with E-state index in [2.05, 4.69) is 5.32 Å². The van der Waals surface area contributed by atoms with Gasteiger partial charge in [-0.05, 0) is 13.3 Å². The van der Waals surface area contributed by atoms with Crippen LogP contribution >= 0.6 is 0 Å². The third kappa shape index (κ3) is 6.42. The van der Waals surface area contributed by atoms with Crippen LogP contribution in [0.15, 0.2) is 0 Å². The van der Waals surface area contributed by atoms with Crippen molar-refractivity contribution in [3.63, 3.8) is 0 Å². The van der Waals surface area contributed by atoms with Gasteiger partial charge in [0.05, 0.1) is 0 Å². The fourth-order valence-corrected chi connectivity index (χ4v) is 0.728. The molecular weight excluding hydrogens is 186 g/mol. The lowest BCUT2D eigenvalue weighted by molar-refractivity contribution is -0.150. The number of ether oxygens (including phenoxy) is 1. The van der Waals surface area contributed by atoms with E-state index < -0.39 is 12.1 Å². The summed E-state index contributed by atoms with van der Waals surface area (Å²) in [6.45, 7) is 3.83. The van der Waals surface area contributed by atoms with Crippen molar-refractivity contribution < 1.29 is 19.4 Å². The zero-order chi connectivity index (χ0) is 11.0. The molecule has 0 spiro atoms. The van der Waals surface area contributed by atoms with Crippen LogP contribution in [0.25, 0.3) is 0 Å². The van der Waals surface area contributed by atoms with Gasteiger partial charge in [-0.2, -0.15) is 0 Å². The van der Waals surface area contributed by atoms with E-state index in [0.717, 1.165) is 12.8 Å². The maximum Gasteiger partial charge on any atom is 0.332 e. The lowest BCUT2D eigenvalue weighted by atomic mass is 10.3. The normalized spacial score (nSPS) is 12.1. The topological polar surface area (TPSA) is 75.6 Å². The van der Waals surface area contributed by atoms with Gasteiger partial charge in [0.25, 0.3) is 0 Å². The van der Waals surface area contributed by atoms with Gasteiger partial charge < -0.3 is 15.2 Å². The Morgan fingerprint density at radius 2 is 2.14 bits per heavy atom. The fourth-order valence-electron chi connectivity index (χ4n) is 0.728. The minimum atomic E-state index is -1.06. The molecule has 0 aliphatic carbocycles. The second-order valence-electron chi connectivity index (χ2n) is 2.99. The summed E-state index contributed by atoms with van der Waals surface area (Å²) in [5, 5.41) is 11.1. The molecule has 0 bridgehead atoms. The van der Waals surface area contributed by atoms with Crippen LogP contribution in [0.5, 0.6) is 0 Å². The summed E-state index contributed by atoms with van der Waals surface area (Å²) < 4.78 is 4.78. The highest BCUT2D eigenvalue weighted by Crippen LogP contribution is 1.90. The van der Waals surface area contributed by atoms with Crippen molar-refractivity contribution in [2.75, 3.05) is 13.2 Å². The summed E-state index contributed by atoms with van der Waals surface area (Å²) in [5.41, 5.74) is 0. The first-order chi connectivity index (χ1) is 6.57. The molecular formula is C9H17NO4. The van der Waals surface area contributed by atoms with Gasteiger partial charge in [0, 0.05) is 6.54 Å². The molecule has 0 saturated heterocycles. The van der Waals surface area contributed by atoms with E-state index in [1.807, 2.05) is 6.92 Å². The van der Waals surface area contributed by atoms with Gasteiger partial charge in [-0.25, -0.2) is 4.79 Å². The van der Waals surface area contributed by atoms with Gasteiger partial charge in [-0.15, -0.1) is 0 Å². The minimum Gasteiger partial charge on any atom is -0.479 e. The van der Waals surface area contributed by atoms with Gasteiger partial charge in [0.2, 0.25) is 5.91 Å². The third-order valence-corrected chi connectivity index (χ3v) is 1.66. The standard InChI is InChI=1S/C9H17NO4/c1-3-4-5-10-8(11)6-14-7(2)9(12)13/h7H,3-6H2,1-2H3,(H,10,11)(H,12,13)/t7-/m1/s1. The molecule has 82 valence electrons. The Balaban J connectivity index is 3.48. The maximum absolute atomic E-state index is 11.0. The van der Waals surface area contributed by atoms with Crippen molar-refractivity contribution in [2.24, 2.45) is 0 Å². The largest absolute Gasteiger partial charge is 0.479 e. The molecule has 0 saturated carbocycles. The lowest BCUT2D eigenvalue weighted by Gasteiger charge is -2.08. The summed E-state index contributed by atoms with van der Waals surface area (Å²) in [6, 6.07) is 0. The Kier molecular flexibility index (Phi) is 6.74. The highest BCUT2D eigenvalue weighted by atomic mass is 16.5. The molecule has 0 aromatic rings. The molecule has 0 unspecified atom stereocenters. The van der Waals surface area contributed by atoms with Crippen molar-refractivity contribution in [3.8, 4) is 0 Å². The van der Waals surface area contributed by atoms with Gasteiger partial charge in [-0.3, -0.25) is 4.79 Å². The fraction of sp³-hybridized carbons (Fsp3) is 0.778. The average Bonchev–Trinajstić information content (AvgIpc) is 2.14. The van der Waals surface area contributed by atoms with E-state index in [9.17, 15) is 9.59 Å². The minimum absolute atomic E-state index is 0.197. The molecule has 0 fully saturated rings. The molecule has 0 radical (unpaired) electrons. The summed E-state index contributed by atoms with van der Waals surface area (Å²) >= 11 is 0. The SMILES string of the molecule is CCCCNC(=O)CO[C@H](C)C(=O)O. The Morgan fingerprint density at radius 3 is 2.64 bits per heavy atom. The molecule has 0 aromatic heterocycles. The van der Waals surface area contributed by atoms with E-state index in [1.165, 1.54) is 6.92 Å². The Bertz CT molecular complexity index is 193. The Hall–Kier alpha value is -1.10. The number of carbonyl (C=O) groups excluding carboxylic acids is 1. The van der Waals surface area contributed by atoms with Crippen LogP contribution in [0, 0.1) is 0 Å². The zero-order valence-corrected chi connectivity index (χ0v) is 8.58. The van der Waals surface area contributed by atoms with Crippen molar-refractivity contribution >= 4 is 11.9 Å². The van der Waals surface area contributed by atoms with Crippen molar-refractivity contribution in [2.45, 2.75) is 32.8 Å². The monoisotopic (exact) mass is 203 g/mol. The number of carboxylic acid groups (broad SMARTS) is 1. The Labute approximate surface area is 83.4 Å². The maximum atomic E-state index is 11.0. The summed E-state index contributed by atoms with van der Waals surface area (Å²) in [7, 11) is 0. The predicted molar refractivity (Wildman–Crippen MR) is 51.0 cm³/mol. The molecule has 5 nitrogen and oxygen atoms in total. The second kappa shape index (κ2) is 7.32. The zero-order valence-electron chi connectivity index (χ0n) is 8.58. The van der Waals surface area contributed by atoms with E-state index in [4.69, 9.17) is 9.84 Å². The van der Waals surface area contributed by atoms with Crippen molar-refractivity contribution in [1.29, 1.82) is 0 Å². The summed E-state index contributed by atoms with van der Waals surface area (Å²) in [5.74, 6) is -1.34. The summed E-state index contributed by atoms with van der Waals surface area (Å²) in [4.78, 5) is 21.3. The van der Waals surface area contributed by atoms with Crippen LogP contribution in [0.4, 0.5) is 0 Å². The van der Waals surface area contributed by atoms with Crippen LogP contribution in [0.3, 0.4) is 0 Å². The van der Waals surface area contributed by atoms with Crippen LogP contribution < -0.4 is 5.32 Å². The quantitative estimate of drug-likeness (QED) is 0.587. The third-order valence-electron chi connectivity index (χ3n) is 1.66. The molecule has 1 atom stereocenters. The number of rotatable bonds is 7. The molecule has 14 heavy (non-hydrogen) atoms. The smallest absolute Gasteiger partial charge is 0.332 e. The number of amides is 1. The van der Waals surface area contributed by atoms with E-state index in [0.29, 0.717) is 6.54 Å². The first-order valence-electron chi connectivity index (χ1n) is 4.69. The molecule has 0 heterocycles. The first-order valence-corrected chi connectivity index (χ1v) is 4.69. The number of nitrogens with one attached hydrogen (secondary N) is 1. The molecule has 0 rings (SSSR count). The molecule has 2 N–H and O–H groups in total. The molecule has 1 amide bonds. The molecule has 5 heteroatoms. The predicted octanol–water partition coefficient (Wildman–Crippen LogP) is 0.392. The average molecular weight is 203 g/mol. The van der Waals surface area contributed by atoms with Crippen LogP contribution in [0.2, 0.25) is 0 Å². The number of carbonyl (C=O) groups is 2.